The average molecular weight is 337 g/mol. The van der Waals surface area contributed by atoms with Crippen LogP contribution in [0.25, 0.3) is 0 Å². The third-order valence-electron chi connectivity index (χ3n) is 4.24. The second-order valence-electron chi connectivity index (χ2n) is 6.06. The number of hydrogen-bond acceptors (Lipinski definition) is 5. The van der Waals surface area contributed by atoms with Crippen LogP contribution >= 0.6 is 0 Å². The normalized spacial score (nSPS) is 12.2. The Morgan fingerprint density at radius 1 is 1.08 bits per heavy atom. The maximum atomic E-state index is 9.30. The molecule has 0 spiro atoms. The van der Waals surface area contributed by atoms with Gasteiger partial charge in [-0.15, -0.1) is 0 Å². The van der Waals surface area contributed by atoms with Crippen molar-refractivity contribution < 1.29 is 9.63 Å². The van der Waals surface area contributed by atoms with E-state index in [1.54, 1.807) is 0 Å². The Labute approximate surface area is 147 Å². The van der Waals surface area contributed by atoms with Crippen LogP contribution in [-0.2, 0) is 13.0 Å². The van der Waals surface area contributed by atoms with Crippen molar-refractivity contribution in [1.82, 2.24) is 15.5 Å². The van der Waals surface area contributed by atoms with E-state index in [0.717, 1.165) is 5.56 Å². The summed E-state index contributed by atoms with van der Waals surface area (Å²) < 4.78 is 5.36. The molecule has 0 bridgehead atoms. The van der Waals surface area contributed by atoms with Crippen molar-refractivity contribution in [3.8, 4) is 0 Å². The number of benzene rings is 2. The topological polar surface area (TPSA) is 71.2 Å². The van der Waals surface area contributed by atoms with E-state index in [1.807, 2.05) is 42.5 Å². The minimum Gasteiger partial charge on any atom is -0.396 e. The third kappa shape index (κ3) is 4.75. The van der Waals surface area contributed by atoms with Crippen LogP contribution in [0.3, 0.4) is 0 Å². The largest absolute Gasteiger partial charge is 0.396 e. The number of nitrogens with zero attached hydrogens (tertiary/aromatic N) is 2. The first kappa shape index (κ1) is 17.3. The third-order valence-corrected chi connectivity index (χ3v) is 4.24. The van der Waals surface area contributed by atoms with E-state index in [1.165, 1.54) is 11.1 Å². The van der Waals surface area contributed by atoms with Crippen LogP contribution in [0.5, 0.6) is 0 Å². The molecule has 5 nitrogen and oxygen atoms in total. The molecule has 0 fully saturated rings. The fraction of sp³-hybridized carbons (Fsp3) is 0.300. The van der Waals surface area contributed by atoms with E-state index in [4.69, 9.17) is 4.52 Å². The predicted octanol–water partition coefficient (Wildman–Crippen LogP) is 3.18. The predicted molar refractivity (Wildman–Crippen MR) is 96.0 cm³/mol. The summed E-state index contributed by atoms with van der Waals surface area (Å²) in [5, 5.41) is 16.8. The van der Waals surface area contributed by atoms with Gasteiger partial charge in [-0.05, 0) is 30.0 Å². The van der Waals surface area contributed by atoms with E-state index in [-0.39, 0.29) is 12.6 Å². The fourth-order valence-electron chi connectivity index (χ4n) is 2.82. The number of aromatic nitrogens is 2. The van der Waals surface area contributed by atoms with Gasteiger partial charge in [0.1, 0.15) is 0 Å². The van der Waals surface area contributed by atoms with Crippen LogP contribution in [-0.4, -0.2) is 21.9 Å². The molecule has 0 aliphatic heterocycles. The van der Waals surface area contributed by atoms with Gasteiger partial charge in [0.25, 0.3) is 0 Å². The second kappa shape index (κ2) is 8.55. The van der Waals surface area contributed by atoms with Gasteiger partial charge in [-0.25, -0.2) is 0 Å². The minimum atomic E-state index is 0.0536. The molecule has 1 aromatic heterocycles. The molecular formula is C20H23N3O2. The molecule has 2 aromatic carbocycles. The molecule has 1 unspecified atom stereocenters. The Morgan fingerprint density at radius 2 is 1.84 bits per heavy atom. The first-order chi connectivity index (χ1) is 12.3. The summed E-state index contributed by atoms with van der Waals surface area (Å²) in [6.45, 7) is 2.67. The highest BCUT2D eigenvalue weighted by atomic mass is 16.5. The molecule has 1 atom stereocenters. The van der Waals surface area contributed by atoms with Crippen molar-refractivity contribution in [2.45, 2.75) is 32.4 Å². The van der Waals surface area contributed by atoms with Gasteiger partial charge >= 0.3 is 0 Å². The Bertz CT molecular complexity index is 786. The lowest BCUT2D eigenvalue weighted by atomic mass is 10.0. The van der Waals surface area contributed by atoms with Gasteiger partial charge in [0.05, 0.1) is 6.54 Å². The van der Waals surface area contributed by atoms with Crippen LogP contribution < -0.4 is 5.32 Å². The summed E-state index contributed by atoms with van der Waals surface area (Å²) in [7, 11) is 0. The number of nitrogens with one attached hydrogen (secondary N) is 1. The number of rotatable bonds is 8. The van der Waals surface area contributed by atoms with Gasteiger partial charge in [-0.1, -0.05) is 59.8 Å². The van der Waals surface area contributed by atoms with E-state index < -0.39 is 0 Å². The van der Waals surface area contributed by atoms with Crippen molar-refractivity contribution in [3.05, 3.63) is 83.0 Å². The highest BCUT2D eigenvalue weighted by molar-refractivity contribution is 5.28. The summed E-state index contributed by atoms with van der Waals surface area (Å²) in [4.78, 5) is 4.47. The molecular weight excluding hydrogens is 314 g/mol. The van der Waals surface area contributed by atoms with Crippen molar-refractivity contribution >= 4 is 0 Å². The van der Waals surface area contributed by atoms with Crippen molar-refractivity contribution in [2.75, 3.05) is 6.61 Å². The molecule has 0 saturated carbocycles. The van der Waals surface area contributed by atoms with Crippen LogP contribution in [0.1, 0.15) is 40.9 Å². The molecule has 3 aromatic rings. The maximum absolute atomic E-state index is 9.30. The lowest BCUT2D eigenvalue weighted by molar-refractivity contribution is 0.261. The van der Waals surface area contributed by atoms with E-state index in [0.29, 0.717) is 31.1 Å². The minimum absolute atomic E-state index is 0.0536. The van der Waals surface area contributed by atoms with Gasteiger partial charge in [-0.2, -0.15) is 4.98 Å². The van der Waals surface area contributed by atoms with Crippen LogP contribution in [0.4, 0.5) is 0 Å². The zero-order valence-electron chi connectivity index (χ0n) is 14.4. The maximum Gasteiger partial charge on any atom is 0.240 e. The number of hydrogen-bond donors (Lipinski definition) is 2. The highest BCUT2D eigenvalue weighted by Gasteiger charge is 2.13. The summed E-state index contributed by atoms with van der Waals surface area (Å²) in [6, 6.07) is 18.3. The Hall–Kier alpha value is -2.50. The molecule has 1 heterocycles. The van der Waals surface area contributed by atoms with Crippen LogP contribution in [0, 0.1) is 6.92 Å². The van der Waals surface area contributed by atoms with Gasteiger partial charge in [0.2, 0.25) is 5.89 Å². The number of aryl methyl sites for hydroxylation is 1. The fourth-order valence-corrected chi connectivity index (χ4v) is 2.82. The smallest absolute Gasteiger partial charge is 0.240 e. The van der Waals surface area contributed by atoms with Crippen molar-refractivity contribution in [3.63, 3.8) is 0 Å². The molecule has 25 heavy (non-hydrogen) atoms. The molecule has 0 amide bonds. The van der Waals surface area contributed by atoms with Crippen LogP contribution in [0.15, 0.2) is 59.1 Å². The molecule has 5 heteroatoms. The monoisotopic (exact) mass is 337 g/mol. The molecule has 0 aliphatic rings. The molecule has 130 valence electrons. The lowest BCUT2D eigenvalue weighted by Crippen LogP contribution is -2.22. The first-order valence-electron chi connectivity index (χ1n) is 8.51. The van der Waals surface area contributed by atoms with Crippen molar-refractivity contribution in [2.24, 2.45) is 0 Å². The zero-order valence-corrected chi connectivity index (χ0v) is 14.4. The zero-order chi connectivity index (χ0) is 17.5. The Balaban J connectivity index is 1.62. The van der Waals surface area contributed by atoms with Gasteiger partial charge in [0.15, 0.2) is 5.82 Å². The number of aliphatic hydroxyl groups is 1. The van der Waals surface area contributed by atoms with Gasteiger partial charge < -0.3 is 14.9 Å². The average Bonchev–Trinajstić information content (AvgIpc) is 3.09. The molecule has 2 N–H and O–H groups in total. The number of aliphatic hydroxyl groups excluding tert-OH is 1. The van der Waals surface area contributed by atoms with Gasteiger partial charge in [-0.3, -0.25) is 0 Å². The first-order valence-corrected chi connectivity index (χ1v) is 8.51. The Kier molecular flexibility index (Phi) is 5.93. The summed E-state index contributed by atoms with van der Waals surface area (Å²) in [5.41, 5.74) is 3.56. The summed E-state index contributed by atoms with van der Waals surface area (Å²) in [6.07, 6.45) is 1.29. The van der Waals surface area contributed by atoms with Gasteiger partial charge in [0, 0.05) is 19.1 Å². The SMILES string of the molecule is Cc1ccccc1Cc1noc(CNC(CCO)c2ccccc2)n1. The summed E-state index contributed by atoms with van der Waals surface area (Å²) in [5.74, 6) is 1.24. The standard InChI is InChI=1S/C20H23N3O2/c1-15-7-5-6-10-17(15)13-19-22-20(25-23-19)14-21-18(11-12-24)16-8-3-2-4-9-16/h2-10,18,21,24H,11-14H2,1H3. The van der Waals surface area contributed by atoms with E-state index in [2.05, 4.69) is 34.5 Å². The summed E-state index contributed by atoms with van der Waals surface area (Å²) >= 11 is 0. The highest BCUT2D eigenvalue weighted by Crippen LogP contribution is 2.17. The molecule has 0 aliphatic carbocycles. The quantitative estimate of drug-likeness (QED) is 0.660. The molecule has 0 radical (unpaired) electrons. The second-order valence-corrected chi connectivity index (χ2v) is 6.06. The van der Waals surface area contributed by atoms with E-state index >= 15 is 0 Å². The lowest BCUT2D eigenvalue weighted by Gasteiger charge is -2.16. The molecule has 0 saturated heterocycles. The Morgan fingerprint density at radius 3 is 2.60 bits per heavy atom. The van der Waals surface area contributed by atoms with Crippen LogP contribution in [0.2, 0.25) is 0 Å². The van der Waals surface area contributed by atoms with E-state index in [9.17, 15) is 5.11 Å². The molecule has 3 rings (SSSR count). The van der Waals surface area contributed by atoms with Crippen molar-refractivity contribution in [1.29, 1.82) is 0 Å².